The van der Waals surface area contributed by atoms with Crippen molar-refractivity contribution < 1.29 is 9.90 Å². The summed E-state index contributed by atoms with van der Waals surface area (Å²) in [5.41, 5.74) is 4.93. The Balaban J connectivity index is 1.60. The van der Waals surface area contributed by atoms with Gasteiger partial charge in [-0.1, -0.05) is 12.1 Å². The topological polar surface area (TPSA) is 90.4 Å². The van der Waals surface area contributed by atoms with Gasteiger partial charge in [0.25, 0.3) is 5.91 Å². The van der Waals surface area contributed by atoms with Gasteiger partial charge in [-0.2, -0.15) is 0 Å². The van der Waals surface area contributed by atoms with Crippen molar-refractivity contribution in [1.82, 2.24) is 20.6 Å². The summed E-state index contributed by atoms with van der Waals surface area (Å²) in [6.45, 7) is 1.10. The molecule has 1 amide bonds. The number of hydrogen-bond acceptors (Lipinski definition) is 6. The summed E-state index contributed by atoms with van der Waals surface area (Å²) in [6.07, 6.45) is 3.76. The summed E-state index contributed by atoms with van der Waals surface area (Å²) in [4.78, 5) is 23.9. The predicted molar refractivity (Wildman–Crippen MR) is 109 cm³/mol. The van der Waals surface area contributed by atoms with Crippen LogP contribution in [-0.4, -0.2) is 60.3 Å². The lowest BCUT2D eigenvalue weighted by Gasteiger charge is -2.21. The smallest absolute Gasteiger partial charge is 0.251 e. The van der Waals surface area contributed by atoms with Gasteiger partial charge in [0.1, 0.15) is 0 Å². The molecular weight excluding hydrogens is 354 g/mol. The molecule has 2 aliphatic rings. The van der Waals surface area contributed by atoms with E-state index in [1.807, 2.05) is 43.3 Å². The molecule has 4 rings (SSSR count). The molecule has 2 atom stereocenters. The van der Waals surface area contributed by atoms with Gasteiger partial charge in [0, 0.05) is 49.6 Å². The summed E-state index contributed by atoms with van der Waals surface area (Å²) < 4.78 is 0. The minimum atomic E-state index is -0.541. The van der Waals surface area contributed by atoms with Gasteiger partial charge in [-0.25, -0.2) is 9.97 Å². The summed E-state index contributed by atoms with van der Waals surface area (Å²) in [5, 5.41) is 15.8. The second kappa shape index (κ2) is 7.85. The average Bonchev–Trinajstić information content (AvgIpc) is 3.11. The van der Waals surface area contributed by atoms with Gasteiger partial charge >= 0.3 is 0 Å². The zero-order valence-corrected chi connectivity index (χ0v) is 16.4. The van der Waals surface area contributed by atoms with Gasteiger partial charge in [0.05, 0.1) is 17.8 Å². The third-order valence-electron chi connectivity index (χ3n) is 5.49. The van der Waals surface area contributed by atoms with E-state index < -0.39 is 6.10 Å². The second-order valence-electron chi connectivity index (χ2n) is 7.78. The molecule has 28 heavy (non-hydrogen) atoms. The molecule has 1 fully saturated rings. The van der Waals surface area contributed by atoms with Crippen LogP contribution < -0.4 is 15.5 Å². The van der Waals surface area contributed by atoms with Crippen molar-refractivity contribution in [3.05, 3.63) is 41.1 Å². The van der Waals surface area contributed by atoms with Gasteiger partial charge < -0.3 is 20.6 Å². The first kappa shape index (κ1) is 18.8. The molecule has 1 aromatic carbocycles. The lowest BCUT2D eigenvalue weighted by atomic mass is 9.92. The molecule has 1 saturated heterocycles. The molecule has 1 aromatic heterocycles. The number of β-amino-alcohol motifs (C(OH)–C–C–N with tert-alkyl or cyclic N) is 1. The number of aromatic nitrogens is 2. The van der Waals surface area contributed by atoms with E-state index in [0.717, 1.165) is 48.6 Å². The highest BCUT2D eigenvalue weighted by atomic mass is 16.3. The molecule has 1 aliphatic carbocycles. The Hall–Kier alpha value is -2.51. The minimum absolute atomic E-state index is 0.169. The fourth-order valence-corrected chi connectivity index (χ4v) is 3.86. The number of rotatable bonds is 4. The molecule has 2 aromatic rings. The number of nitrogens with one attached hydrogen (secondary N) is 2. The summed E-state index contributed by atoms with van der Waals surface area (Å²) in [5.74, 6) is 0.554. The van der Waals surface area contributed by atoms with Crippen LogP contribution in [0.25, 0.3) is 11.3 Å². The number of aryl methyl sites for hydroxylation is 1. The van der Waals surface area contributed by atoms with Crippen LogP contribution in [0, 0.1) is 0 Å². The largest absolute Gasteiger partial charge is 0.390 e. The Labute approximate surface area is 165 Å². The first-order valence-corrected chi connectivity index (χ1v) is 9.90. The Morgan fingerprint density at radius 1 is 1.14 bits per heavy atom. The number of aliphatic hydroxyl groups is 1. The van der Waals surface area contributed by atoms with Crippen LogP contribution in [-0.2, 0) is 12.8 Å². The Bertz CT molecular complexity index is 866. The van der Waals surface area contributed by atoms with E-state index >= 15 is 0 Å². The first-order valence-electron chi connectivity index (χ1n) is 9.90. The maximum atomic E-state index is 12.5. The number of fused-ring (bicyclic) bond motifs is 1. The Morgan fingerprint density at radius 3 is 2.57 bits per heavy atom. The van der Waals surface area contributed by atoms with E-state index in [1.54, 1.807) is 0 Å². The number of aliphatic hydroxyl groups excluding tert-OH is 1. The fourth-order valence-electron chi connectivity index (χ4n) is 3.86. The van der Waals surface area contributed by atoms with Crippen molar-refractivity contribution in [2.45, 2.75) is 37.8 Å². The normalized spacial score (nSPS) is 21.2. The van der Waals surface area contributed by atoms with Crippen LogP contribution in [0.4, 0.5) is 5.95 Å². The van der Waals surface area contributed by atoms with Crippen LogP contribution >= 0.6 is 0 Å². The summed E-state index contributed by atoms with van der Waals surface area (Å²) >= 11 is 0. The van der Waals surface area contributed by atoms with E-state index in [4.69, 9.17) is 9.97 Å². The highest BCUT2D eigenvalue weighted by Crippen LogP contribution is 2.31. The molecule has 0 saturated carbocycles. The molecule has 2 heterocycles. The minimum Gasteiger partial charge on any atom is -0.390 e. The summed E-state index contributed by atoms with van der Waals surface area (Å²) in [6, 6.07) is 7.31. The monoisotopic (exact) mass is 381 g/mol. The third kappa shape index (κ3) is 3.72. The molecule has 7 nitrogen and oxygen atoms in total. The van der Waals surface area contributed by atoms with E-state index in [-0.39, 0.29) is 11.9 Å². The van der Waals surface area contributed by atoms with Crippen molar-refractivity contribution in [2.75, 3.05) is 32.1 Å². The zero-order valence-electron chi connectivity index (χ0n) is 16.4. The molecule has 148 valence electrons. The number of hydrogen-bond donors (Lipinski definition) is 3. The van der Waals surface area contributed by atoms with Gasteiger partial charge in [0.15, 0.2) is 0 Å². The highest BCUT2D eigenvalue weighted by Gasteiger charge is 2.26. The van der Waals surface area contributed by atoms with Crippen LogP contribution in [0.5, 0.6) is 0 Å². The standard InChI is InChI=1S/C21H27N5O2/c1-26(2)21-24-16-6-4-3-5-15(16)19(25-21)13-7-9-14(10-8-13)20(28)23-17-11-22-12-18(17)27/h7-10,17-18,22,27H,3-6,11-12H2,1-2H3,(H,23,28)/t17-,18-/m1/s1. The van der Waals surface area contributed by atoms with Crippen molar-refractivity contribution in [1.29, 1.82) is 0 Å². The van der Waals surface area contributed by atoms with Crippen LogP contribution in [0.3, 0.4) is 0 Å². The van der Waals surface area contributed by atoms with Gasteiger partial charge in [-0.05, 0) is 37.8 Å². The Morgan fingerprint density at radius 2 is 1.89 bits per heavy atom. The van der Waals surface area contributed by atoms with E-state index in [2.05, 4.69) is 10.6 Å². The van der Waals surface area contributed by atoms with Gasteiger partial charge in [0.2, 0.25) is 5.95 Å². The number of benzene rings is 1. The molecule has 7 heteroatoms. The number of amides is 1. The number of nitrogens with zero attached hydrogens (tertiary/aromatic N) is 3. The number of carbonyl (C=O) groups excluding carboxylic acids is 1. The van der Waals surface area contributed by atoms with Crippen LogP contribution in [0.1, 0.15) is 34.5 Å². The first-order chi connectivity index (χ1) is 13.5. The number of anilines is 1. The third-order valence-corrected chi connectivity index (χ3v) is 5.49. The lowest BCUT2D eigenvalue weighted by molar-refractivity contribution is 0.0888. The quantitative estimate of drug-likeness (QED) is 0.736. The van der Waals surface area contributed by atoms with E-state index in [0.29, 0.717) is 18.7 Å². The number of carbonyl (C=O) groups is 1. The Kier molecular flexibility index (Phi) is 5.28. The van der Waals surface area contributed by atoms with Gasteiger partial charge in [-0.3, -0.25) is 4.79 Å². The van der Waals surface area contributed by atoms with E-state index in [9.17, 15) is 9.90 Å². The zero-order chi connectivity index (χ0) is 19.7. The molecule has 0 spiro atoms. The van der Waals surface area contributed by atoms with Gasteiger partial charge in [-0.15, -0.1) is 0 Å². The molecule has 0 bridgehead atoms. The van der Waals surface area contributed by atoms with Crippen LogP contribution in [0.15, 0.2) is 24.3 Å². The lowest BCUT2D eigenvalue weighted by Crippen LogP contribution is -2.42. The molecule has 1 aliphatic heterocycles. The molecular formula is C21H27N5O2. The summed E-state index contributed by atoms with van der Waals surface area (Å²) in [7, 11) is 3.90. The maximum Gasteiger partial charge on any atom is 0.251 e. The van der Waals surface area contributed by atoms with Crippen molar-refractivity contribution in [3.63, 3.8) is 0 Å². The fraction of sp³-hybridized carbons (Fsp3) is 0.476. The van der Waals surface area contributed by atoms with Crippen molar-refractivity contribution >= 4 is 11.9 Å². The molecule has 0 unspecified atom stereocenters. The predicted octanol–water partition coefficient (Wildman–Crippen LogP) is 1.15. The SMILES string of the molecule is CN(C)c1nc2c(c(-c3ccc(C(=O)N[C@@H]4CNC[C@H]4O)cc3)n1)CCCC2. The maximum absolute atomic E-state index is 12.5. The van der Waals surface area contributed by atoms with E-state index in [1.165, 1.54) is 5.56 Å². The highest BCUT2D eigenvalue weighted by molar-refractivity contribution is 5.95. The van der Waals surface area contributed by atoms with Crippen molar-refractivity contribution in [2.24, 2.45) is 0 Å². The molecule has 3 N–H and O–H groups in total. The average molecular weight is 381 g/mol. The molecule has 0 radical (unpaired) electrons. The second-order valence-corrected chi connectivity index (χ2v) is 7.78. The van der Waals surface area contributed by atoms with Crippen molar-refractivity contribution in [3.8, 4) is 11.3 Å². The van der Waals surface area contributed by atoms with Crippen LogP contribution in [0.2, 0.25) is 0 Å².